The summed E-state index contributed by atoms with van der Waals surface area (Å²) in [6, 6.07) is 7.02. The molecule has 1 amide bonds. The van der Waals surface area contributed by atoms with Crippen molar-refractivity contribution in [1.29, 1.82) is 0 Å². The highest BCUT2D eigenvalue weighted by Crippen LogP contribution is 2.27. The number of nitrogens with zero attached hydrogens (tertiary/aromatic N) is 2. The standard InChI is InChI=1S/C11H8BrF2N3O/c12-7-2-1-3-8(4-7)17-5-9(10(13)14)11(16-17)15-6-18/h1-6,10H,(H,15,16,18). The lowest BCUT2D eigenvalue weighted by Crippen LogP contribution is -1.99. The maximum absolute atomic E-state index is 12.7. The summed E-state index contributed by atoms with van der Waals surface area (Å²) < 4.78 is 27.6. The van der Waals surface area contributed by atoms with Gasteiger partial charge in [0.25, 0.3) is 6.43 Å². The third kappa shape index (κ3) is 2.56. The molecular weight excluding hydrogens is 308 g/mol. The zero-order valence-corrected chi connectivity index (χ0v) is 10.6. The monoisotopic (exact) mass is 315 g/mol. The summed E-state index contributed by atoms with van der Waals surface area (Å²) >= 11 is 3.28. The highest BCUT2D eigenvalue weighted by atomic mass is 79.9. The van der Waals surface area contributed by atoms with Crippen LogP contribution in [-0.4, -0.2) is 16.2 Å². The van der Waals surface area contributed by atoms with Gasteiger partial charge in [0.1, 0.15) is 0 Å². The van der Waals surface area contributed by atoms with Crippen LogP contribution in [0.25, 0.3) is 5.69 Å². The fraction of sp³-hybridized carbons (Fsp3) is 0.0909. The van der Waals surface area contributed by atoms with Gasteiger partial charge >= 0.3 is 0 Å². The van der Waals surface area contributed by atoms with Gasteiger partial charge in [0.05, 0.1) is 11.3 Å². The molecule has 0 radical (unpaired) electrons. The van der Waals surface area contributed by atoms with Crippen molar-refractivity contribution in [3.63, 3.8) is 0 Å². The predicted molar refractivity (Wildman–Crippen MR) is 65.9 cm³/mol. The molecule has 0 bridgehead atoms. The first-order valence-corrected chi connectivity index (χ1v) is 5.75. The topological polar surface area (TPSA) is 46.9 Å². The van der Waals surface area contributed by atoms with E-state index in [2.05, 4.69) is 26.3 Å². The van der Waals surface area contributed by atoms with Gasteiger partial charge in [-0.05, 0) is 18.2 Å². The third-order valence-electron chi connectivity index (χ3n) is 2.25. The van der Waals surface area contributed by atoms with Crippen LogP contribution in [0.5, 0.6) is 0 Å². The maximum Gasteiger partial charge on any atom is 0.268 e. The molecule has 94 valence electrons. The molecule has 2 rings (SSSR count). The molecule has 7 heteroatoms. The van der Waals surface area contributed by atoms with E-state index >= 15 is 0 Å². The lowest BCUT2D eigenvalue weighted by atomic mass is 10.3. The first-order valence-electron chi connectivity index (χ1n) is 4.95. The van der Waals surface area contributed by atoms with Gasteiger partial charge in [0.2, 0.25) is 6.41 Å². The van der Waals surface area contributed by atoms with Crippen LogP contribution in [0.15, 0.2) is 34.9 Å². The molecule has 0 aliphatic heterocycles. The summed E-state index contributed by atoms with van der Waals surface area (Å²) in [5, 5.41) is 6.06. The molecule has 0 fully saturated rings. The predicted octanol–water partition coefficient (Wildman–Crippen LogP) is 3.14. The molecule has 1 aromatic heterocycles. The number of alkyl halides is 2. The Labute approximate surface area is 110 Å². The van der Waals surface area contributed by atoms with Gasteiger partial charge in [-0.25, -0.2) is 13.5 Å². The molecule has 0 aliphatic rings. The minimum absolute atomic E-state index is 0.139. The van der Waals surface area contributed by atoms with E-state index < -0.39 is 6.43 Å². The number of aromatic nitrogens is 2. The van der Waals surface area contributed by atoms with Crippen molar-refractivity contribution in [3.8, 4) is 5.69 Å². The second kappa shape index (κ2) is 5.26. The molecule has 2 aromatic rings. The lowest BCUT2D eigenvalue weighted by Gasteiger charge is -2.00. The second-order valence-corrected chi connectivity index (χ2v) is 4.34. The zero-order valence-electron chi connectivity index (χ0n) is 8.98. The van der Waals surface area contributed by atoms with Crippen LogP contribution in [0.3, 0.4) is 0 Å². The van der Waals surface area contributed by atoms with E-state index in [0.717, 1.165) is 4.47 Å². The van der Waals surface area contributed by atoms with E-state index in [-0.39, 0.29) is 11.4 Å². The first-order chi connectivity index (χ1) is 8.61. The van der Waals surface area contributed by atoms with E-state index in [1.807, 2.05) is 6.07 Å². The van der Waals surface area contributed by atoms with Crippen LogP contribution in [0.1, 0.15) is 12.0 Å². The van der Waals surface area contributed by atoms with Crippen LogP contribution >= 0.6 is 15.9 Å². The zero-order chi connectivity index (χ0) is 13.1. The number of benzene rings is 1. The molecular formula is C11H8BrF2N3O. The Balaban J connectivity index is 2.46. The second-order valence-electron chi connectivity index (χ2n) is 3.42. The Bertz CT molecular complexity index is 571. The fourth-order valence-corrected chi connectivity index (χ4v) is 1.85. The minimum Gasteiger partial charge on any atom is -0.311 e. The van der Waals surface area contributed by atoms with Crippen molar-refractivity contribution in [2.75, 3.05) is 5.32 Å². The molecule has 1 N–H and O–H groups in total. The molecule has 1 aromatic carbocycles. The van der Waals surface area contributed by atoms with Crippen LogP contribution in [0, 0.1) is 0 Å². The molecule has 0 aliphatic carbocycles. The molecule has 0 saturated carbocycles. The van der Waals surface area contributed by atoms with E-state index in [4.69, 9.17) is 0 Å². The summed E-state index contributed by atoms with van der Waals surface area (Å²) in [7, 11) is 0. The maximum atomic E-state index is 12.7. The van der Waals surface area contributed by atoms with Gasteiger partial charge in [-0.15, -0.1) is 5.10 Å². The quantitative estimate of drug-likeness (QED) is 0.881. The summed E-state index contributed by atoms with van der Waals surface area (Å²) in [5.74, 6) is -0.139. The highest BCUT2D eigenvalue weighted by molar-refractivity contribution is 9.10. The largest absolute Gasteiger partial charge is 0.311 e. The van der Waals surface area contributed by atoms with Gasteiger partial charge in [-0.2, -0.15) is 0 Å². The summed E-state index contributed by atoms with van der Waals surface area (Å²) in [4.78, 5) is 10.3. The number of anilines is 1. The van der Waals surface area contributed by atoms with Gasteiger partial charge in [0.15, 0.2) is 5.82 Å². The summed E-state index contributed by atoms with van der Waals surface area (Å²) in [6.07, 6.45) is -1.19. The van der Waals surface area contributed by atoms with Crippen LogP contribution < -0.4 is 5.32 Å². The summed E-state index contributed by atoms with van der Waals surface area (Å²) in [6.45, 7) is 0. The number of nitrogens with one attached hydrogen (secondary N) is 1. The molecule has 1 heterocycles. The Hall–Kier alpha value is -1.76. The number of hydrogen-bond acceptors (Lipinski definition) is 2. The van der Waals surface area contributed by atoms with Crippen molar-refractivity contribution in [2.45, 2.75) is 6.43 Å². The highest BCUT2D eigenvalue weighted by Gasteiger charge is 2.18. The number of carbonyl (C=O) groups excluding carboxylic acids is 1. The van der Waals surface area contributed by atoms with Crippen LogP contribution in [0.2, 0.25) is 0 Å². The van der Waals surface area contributed by atoms with E-state index in [1.54, 1.807) is 18.2 Å². The van der Waals surface area contributed by atoms with Crippen molar-refractivity contribution < 1.29 is 13.6 Å². The molecule has 0 saturated heterocycles. The Morgan fingerprint density at radius 3 is 2.83 bits per heavy atom. The summed E-state index contributed by atoms with van der Waals surface area (Å²) in [5.41, 5.74) is 0.298. The van der Waals surface area contributed by atoms with E-state index in [9.17, 15) is 13.6 Å². The minimum atomic E-state index is -2.70. The average Bonchev–Trinajstić information content (AvgIpc) is 2.74. The fourth-order valence-electron chi connectivity index (χ4n) is 1.47. The van der Waals surface area contributed by atoms with Gasteiger partial charge < -0.3 is 5.32 Å². The number of rotatable bonds is 4. The van der Waals surface area contributed by atoms with Gasteiger partial charge in [-0.1, -0.05) is 22.0 Å². The molecule has 4 nitrogen and oxygen atoms in total. The smallest absolute Gasteiger partial charge is 0.268 e. The van der Waals surface area contributed by atoms with Gasteiger partial charge in [-0.3, -0.25) is 4.79 Å². The van der Waals surface area contributed by atoms with Crippen molar-refractivity contribution in [1.82, 2.24) is 9.78 Å². The average molecular weight is 316 g/mol. The normalized spacial score (nSPS) is 10.7. The molecule has 18 heavy (non-hydrogen) atoms. The van der Waals surface area contributed by atoms with Crippen LogP contribution in [0.4, 0.5) is 14.6 Å². The van der Waals surface area contributed by atoms with Crippen molar-refractivity contribution in [2.24, 2.45) is 0 Å². The number of halogens is 3. The SMILES string of the molecule is O=CNc1nn(-c2cccc(Br)c2)cc1C(F)F. The first kappa shape index (κ1) is 12.7. The Morgan fingerprint density at radius 2 is 2.22 bits per heavy atom. The molecule has 0 atom stereocenters. The molecule has 0 unspecified atom stereocenters. The molecule has 0 spiro atoms. The Kier molecular flexibility index (Phi) is 3.71. The lowest BCUT2D eigenvalue weighted by molar-refractivity contribution is -0.105. The Morgan fingerprint density at radius 1 is 1.44 bits per heavy atom. The van der Waals surface area contributed by atoms with Crippen molar-refractivity contribution in [3.05, 3.63) is 40.5 Å². The van der Waals surface area contributed by atoms with E-state index in [0.29, 0.717) is 12.1 Å². The van der Waals surface area contributed by atoms with Crippen LogP contribution in [-0.2, 0) is 4.79 Å². The van der Waals surface area contributed by atoms with Gasteiger partial charge in [0, 0.05) is 10.7 Å². The number of hydrogen-bond donors (Lipinski definition) is 1. The number of carbonyl (C=O) groups is 1. The number of amides is 1. The van der Waals surface area contributed by atoms with E-state index in [1.165, 1.54) is 10.9 Å². The third-order valence-corrected chi connectivity index (χ3v) is 2.74. The van der Waals surface area contributed by atoms with Crippen molar-refractivity contribution >= 4 is 28.2 Å².